The highest BCUT2D eigenvalue weighted by molar-refractivity contribution is 7.10. The molecule has 0 bridgehead atoms. The molecule has 0 saturated heterocycles. The van der Waals surface area contributed by atoms with E-state index in [4.69, 9.17) is 0 Å². The van der Waals surface area contributed by atoms with E-state index in [1.54, 1.807) is 26.8 Å². The molecule has 2 heterocycles. The van der Waals surface area contributed by atoms with Crippen molar-refractivity contribution < 1.29 is 19.1 Å². The third-order valence-corrected chi connectivity index (χ3v) is 5.44. The van der Waals surface area contributed by atoms with Gasteiger partial charge >= 0.3 is 0 Å². The lowest BCUT2D eigenvalue weighted by Crippen LogP contribution is -2.32. The Balaban J connectivity index is 2.22. The summed E-state index contributed by atoms with van der Waals surface area (Å²) in [4.78, 5) is 27.9. The van der Waals surface area contributed by atoms with Crippen LogP contribution in [0.15, 0.2) is 47.0 Å². The largest absolute Gasteiger partial charge is 0.503 e. The van der Waals surface area contributed by atoms with Gasteiger partial charge in [0.15, 0.2) is 11.5 Å². The highest BCUT2D eigenvalue weighted by atomic mass is 32.1. The SMILES string of the molecule is Cc1ccsc1C1C(C(=O)C(C)(C)C)=C(O)C(=O)N1c1cccc(F)c1. The summed E-state index contributed by atoms with van der Waals surface area (Å²) in [5, 5.41) is 12.4. The molecule has 0 saturated carbocycles. The number of aliphatic hydroxyl groups excluding tert-OH is 1. The lowest BCUT2D eigenvalue weighted by Gasteiger charge is -2.28. The summed E-state index contributed by atoms with van der Waals surface area (Å²) in [7, 11) is 0. The van der Waals surface area contributed by atoms with Gasteiger partial charge in [0.2, 0.25) is 0 Å². The summed E-state index contributed by atoms with van der Waals surface area (Å²) in [6.45, 7) is 7.10. The van der Waals surface area contributed by atoms with Crippen LogP contribution in [0.2, 0.25) is 0 Å². The second-order valence-corrected chi connectivity index (χ2v) is 8.31. The van der Waals surface area contributed by atoms with Crippen LogP contribution < -0.4 is 4.90 Å². The summed E-state index contributed by atoms with van der Waals surface area (Å²) >= 11 is 1.40. The number of Topliss-reactive ketones (excluding diaryl/α,β-unsaturated/α-hetero) is 1. The Morgan fingerprint density at radius 2 is 1.96 bits per heavy atom. The Labute approximate surface area is 155 Å². The van der Waals surface area contributed by atoms with Gasteiger partial charge in [0.1, 0.15) is 11.9 Å². The average molecular weight is 373 g/mol. The maximum absolute atomic E-state index is 13.8. The van der Waals surface area contributed by atoms with E-state index < -0.39 is 28.9 Å². The summed E-state index contributed by atoms with van der Waals surface area (Å²) < 4.78 is 13.8. The first-order valence-corrected chi connectivity index (χ1v) is 9.12. The molecule has 1 aliphatic heterocycles. The summed E-state index contributed by atoms with van der Waals surface area (Å²) in [6, 6.07) is 6.72. The van der Waals surface area contributed by atoms with E-state index in [9.17, 15) is 19.1 Å². The van der Waals surface area contributed by atoms with Crippen LogP contribution in [-0.4, -0.2) is 16.8 Å². The number of benzene rings is 1. The molecule has 0 radical (unpaired) electrons. The van der Waals surface area contributed by atoms with E-state index >= 15 is 0 Å². The number of ketones is 1. The average Bonchev–Trinajstić information content (AvgIpc) is 3.08. The molecule has 1 amide bonds. The van der Waals surface area contributed by atoms with Crippen LogP contribution in [0, 0.1) is 18.2 Å². The fourth-order valence-corrected chi connectivity index (χ4v) is 4.07. The van der Waals surface area contributed by atoms with Crippen LogP contribution >= 0.6 is 11.3 Å². The molecule has 3 rings (SSSR count). The molecule has 0 fully saturated rings. The van der Waals surface area contributed by atoms with E-state index in [-0.39, 0.29) is 11.4 Å². The third kappa shape index (κ3) is 2.94. The number of hydrogen-bond donors (Lipinski definition) is 1. The second-order valence-electron chi connectivity index (χ2n) is 7.37. The maximum atomic E-state index is 13.8. The zero-order valence-electron chi connectivity index (χ0n) is 15.0. The molecule has 1 unspecified atom stereocenters. The minimum atomic E-state index is -0.773. The number of amides is 1. The molecular weight excluding hydrogens is 353 g/mol. The van der Waals surface area contributed by atoms with Crippen molar-refractivity contribution in [3.05, 3.63) is 63.3 Å². The Morgan fingerprint density at radius 3 is 2.50 bits per heavy atom. The smallest absolute Gasteiger partial charge is 0.294 e. The van der Waals surface area contributed by atoms with Gasteiger partial charge in [-0.1, -0.05) is 26.8 Å². The minimum absolute atomic E-state index is 0.0670. The zero-order valence-corrected chi connectivity index (χ0v) is 15.9. The van der Waals surface area contributed by atoms with E-state index in [1.807, 2.05) is 18.4 Å². The molecule has 1 aromatic heterocycles. The van der Waals surface area contributed by atoms with Gasteiger partial charge in [0, 0.05) is 16.0 Å². The van der Waals surface area contributed by atoms with Crippen LogP contribution in [-0.2, 0) is 9.59 Å². The summed E-state index contributed by atoms with van der Waals surface area (Å²) in [5.41, 5.74) is 0.502. The number of thiophene rings is 1. The quantitative estimate of drug-likeness (QED) is 0.848. The number of hydrogen-bond acceptors (Lipinski definition) is 4. The predicted octanol–water partition coefficient (Wildman–Crippen LogP) is 4.71. The highest BCUT2D eigenvalue weighted by Crippen LogP contribution is 2.45. The highest BCUT2D eigenvalue weighted by Gasteiger charge is 2.47. The number of carbonyl (C=O) groups excluding carboxylic acids is 2. The molecular formula is C20H20FNO3S. The maximum Gasteiger partial charge on any atom is 0.294 e. The van der Waals surface area contributed by atoms with Crippen molar-refractivity contribution in [1.29, 1.82) is 0 Å². The normalized spacial score (nSPS) is 18.0. The minimum Gasteiger partial charge on any atom is -0.503 e. The van der Waals surface area contributed by atoms with Crippen molar-refractivity contribution >= 4 is 28.7 Å². The van der Waals surface area contributed by atoms with E-state index in [0.717, 1.165) is 10.4 Å². The fourth-order valence-electron chi connectivity index (χ4n) is 3.05. The molecule has 4 nitrogen and oxygen atoms in total. The molecule has 1 aromatic carbocycles. The van der Waals surface area contributed by atoms with Gasteiger partial charge in [0.25, 0.3) is 5.91 Å². The Hall–Kier alpha value is -2.47. The number of halogens is 1. The molecule has 136 valence electrons. The van der Waals surface area contributed by atoms with Crippen molar-refractivity contribution in [1.82, 2.24) is 0 Å². The van der Waals surface area contributed by atoms with E-state index in [1.165, 1.54) is 34.4 Å². The van der Waals surface area contributed by atoms with Crippen LogP contribution in [0.3, 0.4) is 0 Å². The summed E-state index contributed by atoms with van der Waals surface area (Å²) in [5.74, 6) is -2.06. The number of carbonyl (C=O) groups is 2. The number of anilines is 1. The van der Waals surface area contributed by atoms with Crippen LogP contribution in [0.25, 0.3) is 0 Å². The van der Waals surface area contributed by atoms with Crippen molar-refractivity contribution in [2.75, 3.05) is 4.90 Å². The van der Waals surface area contributed by atoms with Gasteiger partial charge in [-0.2, -0.15) is 0 Å². The van der Waals surface area contributed by atoms with Crippen molar-refractivity contribution in [3.63, 3.8) is 0 Å². The standard InChI is InChI=1S/C20H20FNO3S/c1-11-8-9-26-17(11)15-14(18(24)20(2,3)4)16(23)19(25)22(15)13-7-5-6-12(21)10-13/h5-10,15,23H,1-4H3. The first kappa shape index (κ1) is 18.3. The molecule has 1 aliphatic rings. The van der Waals surface area contributed by atoms with Gasteiger partial charge in [0.05, 0.1) is 5.57 Å². The van der Waals surface area contributed by atoms with Crippen molar-refractivity contribution in [2.45, 2.75) is 33.7 Å². The van der Waals surface area contributed by atoms with Crippen LogP contribution in [0.4, 0.5) is 10.1 Å². The molecule has 0 aliphatic carbocycles. The Bertz CT molecular complexity index is 923. The van der Waals surface area contributed by atoms with Gasteiger partial charge in [-0.25, -0.2) is 4.39 Å². The number of rotatable bonds is 3. The zero-order chi connectivity index (χ0) is 19.2. The topological polar surface area (TPSA) is 57.6 Å². The Kier molecular flexibility index (Phi) is 4.48. The van der Waals surface area contributed by atoms with E-state index in [0.29, 0.717) is 5.69 Å². The van der Waals surface area contributed by atoms with Gasteiger partial charge in [-0.15, -0.1) is 11.3 Å². The molecule has 2 aromatic rings. The van der Waals surface area contributed by atoms with E-state index in [2.05, 4.69) is 0 Å². The third-order valence-electron chi connectivity index (χ3n) is 4.37. The van der Waals surface area contributed by atoms with Crippen molar-refractivity contribution in [3.8, 4) is 0 Å². The predicted molar refractivity (Wildman–Crippen MR) is 99.8 cm³/mol. The summed E-state index contributed by atoms with van der Waals surface area (Å²) in [6.07, 6.45) is 0. The van der Waals surface area contributed by atoms with Gasteiger partial charge < -0.3 is 5.11 Å². The van der Waals surface area contributed by atoms with Crippen LogP contribution in [0.1, 0.15) is 37.3 Å². The number of aryl methyl sites for hydroxylation is 1. The molecule has 1 atom stereocenters. The lowest BCUT2D eigenvalue weighted by atomic mass is 9.83. The molecule has 1 N–H and O–H groups in total. The van der Waals surface area contributed by atoms with Crippen molar-refractivity contribution in [2.24, 2.45) is 5.41 Å². The van der Waals surface area contributed by atoms with Gasteiger partial charge in [-0.3, -0.25) is 14.5 Å². The second kappa shape index (κ2) is 6.36. The Morgan fingerprint density at radius 1 is 1.27 bits per heavy atom. The first-order chi connectivity index (χ1) is 12.1. The lowest BCUT2D eigenvalue weighted by molar-refractivity contribution is -0.123. The number of nitrogens with zero attached hydrogens (tertiary/aromatic N) is 1. The molecule has 6 heteroatoms. The molecule has 26 heavy (non-hydrogen) atoms. The van der Waals surface area contributed by atoms with Gasteiger partial charge in [-0.05, 0) is 42.1 Å². The number of aliphatic hydroxyl groups is 1. The monoisotopic (exact) mass is 373 g/mol. The first-order valence-electron chi connectivity index (χ1n) is 8.24. The molecule has 0 spiro atoms. The van der Waals surface area contributed by atoms with Crippen LogP contribution in [0.5, 0.6) is 0 Å². The fraction of sp³-hybridized carbons (Fsp3) is 0.300.